The summed E-state index contributed by atoms with van der Waals surface area (Å²) < 4.78 is 5.70. The smallest absolute Gasteiger partial charge is 0.227 e. The number of carbonyl (C=O) groups excluding carboxylic acids is 1. The monoisotopic (exact) mass is 307 g/mol. The molecule has 23 heavy (non-hydrogen) atoms. The molecule has 0 N–H and O–H groups in total. The molecule has 0 unspecified atom stereocenters. The minimum atomic E-state index is 0.207. The third kappa shape index (κ3) is 2.50. The zero-order valence-corrected chi connectivity index (χ0v) is 13.6. The molecule has 0 saturated heterocycles. The van der Waals surface area contributed by atoms with Crippen LogP contribution in [0.25, 0.3) is 21.7 Å². The van der Waals surface area contributed by atoms with E-state index in [1.807, 2.05) is 23.1 Å². The molecule has 1 aromatic heterocycles. The van der Waals surface area contributed by atoms with Crippen molar-refractivity contribution in [2.75, 3.05) is 0 Å². The third-order valence-corrected chi connectivity index (χ3v) is 4.67. The van der Waals surface area contributed by atoms with E-state index >= 15 is 0 Å². The Morgan fingerprint density at radius 1 is 1.22 bits per heavy atom. The van der Waals surface area contributed by atoms with Gasteiger partial charge in [0.2, 0.25) is 5.91 Å². The van der Waals surface area contributed by atoms with E-state index in [-0.39, 0.29) is 11.9 Å². The summed E-state index contributed by atoms with van der Waals surface area (Å²) in [4.78, 5) is 14.8. The van der Waals surface area contributed by atoms with Crippen LogP contribution in [0.15, 0.2) is 47.1 Å². The molecule has 3 nitrogen and oxygen atoms in total. The number of carbonyl (C=O) groups is 1. The molecule has 1 heterocycles. The van der Waals surface area contributed by atoms with Gasteiger partial charge in [0, 0.05) is 23.0 Å². The number of nitrogens with zero attached hydrogens (tertiary/aromatic N) is 1. The number of fused-ring (bicyclic) bond motifs is 3. The van der Waals surface area contributed by atoms with Gasteiger partial charge in [-0.25, -0.2) is 0 Å². The first-order valence-corrected chi connectivity index (χ1v) is 8.34. The summed E-state index contributed by atoms with van der Waals surface area (Å²) in [7, 11) is 0. The predicted octanol–water partition coefficient (Wildman–Crippen LogP) is 4.53. The van der Waals surface area contributed by atoms with Gasteiger partial charge in [-0.05, 0) is 43.5 Å². The lowest BCUT2D eigenvalue weighted by molar-refractivity contribution is -0.132. The van der Waals surface area contributed by atoms with Gasteiger partial charge in [-0.15, -0.1) is 0 Å². The molecule has 0 bridgehead atoms. The molecule has 1 fully saturated rings. The van der Waals surface area contributed by atoms with Crippen molar-refractivity contribution in [3.8, 4) is 0 Å². The Morgan fingerprint density at radius 3 is 2.74 bits per heavy atom. The lowest BCUT2D eigenvalue weighted by Crippen LogP contribution is -2.39. The maximum Gasteiger partial charge on any atom is 0.227 e. The van der Waals surface area contributed by atoms with Gasteiger partial charge < -0.3 is 9.32 Å². The van der Waals surface area contributed by atoms with Crippen molar-refractivity contribution in [2.45, 2.75) is 45.2 Å². The number of hydrogen-bond donors (Lipinski definition) is 0. The van der Waals surface area contributed by atoms with E-state index in [0.29, 0.717) is 12.5 Å². The largest absolute Gasteiger partial charge is 0.464 e. The highest BCUT2D eigenvalue weighted by Gasteiger charge is 2.34. The minimum absolute atomic E-state index is 0.207. The Labute approximate surface area is 135 Å². The molecule has 1 aliphatic rings. The standard InChI is InChI=1S/C20H21NO2/c1-13(2)21(16-8-9-16)19(22)11-15-12-23-18-10-7-14-5-3-4-6-17(14)20(15)18/h3-7,10,12-13,16H,8-9,11H2,1-2H3. The molecular formula is C20H21NO2. The van der Waals surface area contributed by atoms with Crippen molar-refractivity contribution in [3.05, 3.63) is 48.2 Å². The van der Waals surface area contributed by atoms with Gasteiger partial charge in [0.25, 0.3) is 0 Å². The van der Waals surface area contributed by atoms with E-state index in [2.05, 4.69) is 32.0 Å². The normalized spacial score (nSPS) is 14.7. The van der Waals surface area contributed by atoms with Crippen molar-refractivity contribution >= 4 is 27.6 Å². The van der Waals surface area contributed by atoms with Crippen LogP contribution in [0.4, 0.5) is 0 Å². The maximum atomic E-state index is 12.8. The summed E-state index contributed by atoms with van der Waals surface area (Å²) in [6, 6.07) is 13.0. The van der Waals surface area contributed by atoms with E-state index in [4.69, 9.17) is 4.42 Å². The quantitative estimate of drug-likeness (QED) is 0.709. The zero-order valence-electron chi connectivity index (χ0n) is 13.6. The summed E-state index contributed by atoms with van der Waals surface area (Å²) in [6.45, 7) is 4.19. The van der Waals surface area contributed by atoms with Crippen LogP contribution >= 0.6 is 0 Å². The van der Waals surface area contributed by atoms with Crippen LogP contribution in [0.3, 0.4) is 0 Å². The van der Waals surface area contributed by atoms with Gasteiger partial charge in [-0.3, -0.25) is 4.79 Å². The van der Waals surface area contributed by atoms with Crippen molar-refractivity contribution in [1.82, 2.24) is 4.90 Å². The number of hydrogen-bond acceptors (Lipinski definition) is 2. The van der Waals surface area contributed by atoms with Gasteiger partial charge in [0.15, 0.2) is 0 Å². The highest BCUT2D eigenvalue weighted by atomic mass is 16.3. The van der Waals surface area contributed by atoms with Crippen LogP contribution in [0, 0.1) is 0 Å². The summed E-state index contributed by atoms with van der Waals surface area (Å²) in [5.41, 5.74) is 1.85. The van der Waals surface area contributed by atoms with E-state index in [1.54, 1.807) is 6.26 Å². The van der Waals surface area contributed by atoms with Crippen molar-refractivity contribution in [2.24, 2.45) is 0 Å². The highest BCUT2D eigenvalue weighted by Crippen LogP contribution is 2.32. The Bertz CT molecular complexity index is 872. The van der Waals surface area contributed by atoms with Crippen LogP contribution in [0.2, 0.25) is 0 Å². The molecule has 1 aliphatic carbocycles. The van der Waals surface area contributed by atoms with E-state index in [0.717, 1.165) is 34.8 Å². The maximum absolute atomic E-state index is 12.8. The Balaban J connectivity index is 1.74. The molecule has 0 atom stereocenters. The molecule has 3 heteroatoms. The molecule has 0 aliphatic heterocycles. The first kappa shape index (κ1) is 14.3. The summed E-state index contributed by atoms with van der Waals surface area (Å²) >= 11 is 0. The van der Waals surface area contributed by atoms with Gasteiger partial charge >= 0.3 is 0 Å². The SMILES string of the molecule is CC(C)N(C(=O)Cc1coc2ccc3ccccc3c12)C1CC1. The second-order valence-corrected chi connectivity index (χ2v) is 6.72. The first-order chi connectivity index (χ1) is 11.1. The summed E-state index contributed by atoms with van der Waals surface area (Å²) in [5.74, 6) is 0.207. The summed E-state index contributed by atoms with van der Waals surface area (Å²) in [6.07, 6.45) is 4.44. The summed E-state index contributed by atoms with van der Waals surface area (Å²) in [5, 5.41) is 3.41. The van der Waals surface area contributed by atoms with Crippen LogP contribution in [-0.2, 0) is 11.2 Å². The molecule has 118 valence electrons. The van der Waals surface area contributed by atoms with Crippen LogP contribution in [0.5, 0.6) is 0 Å². The number of amides is 1. The van der Waals surface area contributed by atoms with E-state index < -0.39 is 0 Å². The highest BCUT2D eigenvalue weighted by molar-refractivity contribution is 6.08. The molecular weight excluding hydrogens is 286 g/mol. The molecule has 3 aromatic rings. The Hall–Kier alpha value is -2.29. The lowest BCUT2D eigenvalue weighted by atomic mass is 10.0. The topological polar surface area (TPSA) is 33.5 Å². The number of rotatable bonds is 4. The van der Waals surface area contributed by atoms with Gasteiger partial charge in [-0.1, -0.05) is 30.3 Å². The predicted molar refractivity (Wildman–Crippen MR) is 92.4 cm³/mol. The molecule has 4 rings (SSSR count). The first-order valence-electron chi connectivity index (χ1n) is 8.34. The fourth-order valence-electron chi connectivity index (χ4n) is 3.52. The third-order valence-electron chi connectivity index (χ3n) is 4.67. The number of furan rings is 1. The van der Waals surface area contributed by atoms with Gasteiger partial charge in [-0.2, -0.15) is 0 Å². The van der Waals surface area contributed by atoms with Crippen molar-refractivity contribution < 1.29 is 9.21 Å². The fraction of sp³-hybridized carbons (Fsp3) is 0.350. The Morgan fingerprint density at radius 2 is 2.00 bits per heavy atom. The number of benzene rings is 2. The lowest BCUT2D eigenvalue weighted by Gasteiger charge is -2.26. The average molecular weight is 307 g/mol. The van der Waals surface area contributed by atoms with Gasteiger partial charge in [0.05, 0.1) is 12.7 Å². The van der Waals surface area contributed by atoms with Crippen molar-refractivity contribution in [1.29, 1.82) is 0 Å². The van der Waals surface area contributed by atoms with Crippen LogP contribution in [-0.4, -0.2) is 22.9 Å². The second kappa shape index (κ2) is 5.41. The molecule has 1 saturated carbocycles. The molecule has 0 spiro atoms. The fourth-order valence-corrected chi connectivity index (χ4v) is 3.52. The van der Waals surface area contributed by atoms with E-state index in [9.17, 15) is 4.79 Å². The van der Waals surface area contributed by atoms with Crippen LogP contribution < -0.4 is 0 Å². The second-order valence-electron chi connectivity index (χ2n) is 6.72. The van der Waals surface area contributed by atoms with Crippen LogP contribution in [0.1, 0.15) is 32.3 Å². The molecule has 0 radical (unpaired) electrons. The minimum Gasteiger partial charge on any atom is -0.464 e. The zero-order chi connectivity index (χ0) is 16.0. The van der Waals surface area contributed by atoms with Gasteiger partial charge in [0.1, 0.15) is 5.58 Å². The average Bonchev–Trinajstić information content (AvgIpc) is 3.27. The molecule has 1 amide bonds. The molecule has 2 aromatic carbocycles. The van der Waals surface area contributed by atoms with Crippen molar-refractivity contribution in [3.63, 3.8) is 0 Å². The Kier molecular flexibility index (Phi) is 3.37. The van der Waals surface area contributed by atoms with E-state index in [1.165, 1.54) is 5.39 Å².